The van der Waals surface area contributed by atoms with Gasteiger partial charge in [-0.15, -0.1) is 4.48 Å². The maximum absolute atomic E-state index is 14.0. The Morgan fingerprint density at radius 2 is 1.72 bits per heavy atom. The third kappa shape index (κ3) is 15.6. The van der Waals surface area contributed by atoms with E-state index < -0.39 is 12.0 Å². The second kappa shape index (κ2) is 25.2. The summed E-state index contributed by atoms with van der Waals surface area (Å²) in [5, 5.41) is 3.18. The van der Waals surface area contributed by atoms with Gasteiger partial charge in [0, 0.05) is 45.9 Å². The van der Waals surface area contributed by atoms with Crippen LogP contribution in [-0.4, -0.2) is 66.7 Å². The Kier molecular flexibility index (Phi) is 21.9. The predicted molar refractivity (Wildman–Crippen MR) is 219 cm³/mol. The number of aryl methyl sites for hydroxylation is 1. The first-order chi connectivity index (χ1) is 25.7. The summed E-state index contributed by atoms with van der Waals surface area (Å²) in [7, 11) is 4.82. The van der Waals surface area contributed by atoms with E-state index in [1.54, 1.807) is 27.0 Å². The van der Waals surface area contributed by atoms with Gasteiger partial charge in [-0.3, -0.25) is 20.0 Å². The predicted octanol–water partition coefficient (Wildman–Crippen LogP) is 9.19. The summed E-state index contributed by atoms with van der Waals surface area (Å²) in [6, 6.07) is 12.1. The number of allylic oxidation sites excluding steroid dienone is 4. The van der Waals surface area contributed by atoms with Gasteiger partial charge in [0.2, 0.25) is 5.91 Å². The topological polar surface area (TPSA) is 116 Å². The van der Waals surface area contributed by atoms with Crippen LogP contribution >= 0.6 is 0 Å². The molecule has 2 aromatic rings. The molecule has 298 valence electrons. The molecule has 1 saturated carbocycles. The van der Waals surface area contributed by atoms with Crippen molar-refractivity contribution in [2.45, 2.75) is 100 Å². The molecule has 0 bridgehead atoms. The SMILES string of the molecule is C=C/C(=C(\C=C/CC(=O)NNC(=O)OC(C)C)N(C)F)N(C)CC(C)CC.CC.CNC(=O)c1ccc(/C(=C(\C)c2ccccn2)C2CCCC2)c(C)c1. The molecule has 1 aliphatic rings. The number of hydrogen-bond acceptors (Lipinski definition) is 7. The molecule has 0 saturated heterocycles. The second-order valence-corrected chi connectivity index (χ2v) is 13.4. The highest BCUT2D eigenvalue weighted by Crippen LogP contribution is 2.41. The molecule has 1 fully saturated rings. The van der Waals surface area contributed by atoms with Crippen molar-refractivity contribution in [3.8, 4) is 0 Å². The molecule has 1 aliphatic carbocycles. The van der Waals surface area contributed by atoms with Gasteiger partial charge in [0.05, 0.1) is 23.2 Å². The van der Waals surface area contributed by atoms with Crippen LogP contribution in [0.2, 0.25) is 0 Å². The smallest absolute Gasteiger partial charge is 0.426 e. The summed E-state index contributed by atoms with van der Waals surface area (Å²) >= 11 is 0. The third-order valence-corrected chi connectivity index (χ3v) is 8.93. The van der Waals surface area contributed by atoms with E-state index in [4.69, 9.17) is 4.74 Å². The Morgan fingerprint density at radius 3 is 2.24 bits per heavy atom. The maximum Gasteiger partial charge on any atom is 0.426 e. The molecule has 11 heteroatoms. The van der Waals surface area contributed by atoms with E-state index in [9.17, 15) is 18.9 Å². The first kappa shape index (κ1) is 47.1. The van der Waals surface area contributed by atoms with Crippen molar-refractivity contribution in [2.75, 3.05) is 27.7 Å². The maximum atomic E-state index is 14.0. The standard InChI is InChI=1S/C22H26N2O.C19H33FN4O3.C2H6/c1-15-14-18(22(25)23-3)11-12-19(15)21(17-8-4-5-9-17)16(2)20-10-6-7-13-24-20;1-8-15(5)13-23(6)16(9-2)17(24(7)20)11-10-12-18(25)21-22-19(26)27-14(3)4;1-2/h6-7,10-14,17H,4-5,8-9H2,1-3H3,(H,23,25);9-11,14-15H,2,8,12-13H2,1,3-7H3,(H,21,25)(H,22,26);1-2H3/b21-16+;11-10-,17-16-;. The van der Waals surface area contributed by atoms with Gasteiger partial charge in [0.15, 0.2) is 0 Å². The van der Waals surface area contributed by atoms with E-state index in [0.717, 1.165) is 24.2 Å². The van der Waals surface area contributed by atoms with Crippen molar-refractivity contribution >= 4 is 29.1 Å². The lowest BCUT2D eigenvalue weighted by Gasteiger charge is -2.26. The molecule has 1 atom stereocenters. The molecule has 3 rings (SSSR count). The number of benzene rings is 1. The van der Waals surface area contributed by atoms with Crippen LogP contribution in [0.3, 0.4) is 0 Å². The number of nitrogens with zero attached hydrogens (tertiary/aromatic N) is 3. The zero-order chi connectivity index (χ0) is 40.8. The van der Waals surface area contributed by atoms with Crippen LogP contribution in [0.15, 0.2) is 78.8 Å². The number of ether oxygens (including phenoxy) is 1. The summed E-state index contributed by atoms with van der Waals surface area (Å²) in [5.74, 6) is 0.525. The van der Waals surface area contributed by atoms with E-state index in [1.807, 2.05) is 56.3 Å². The Hall–Kier alpha value is -4.93. The molecule has 0 spiro atoms. The summed E-state index contributed by atoms with van der Waals surface area (Å²) in [6.45, 7) is 20.4. The van der Waals surface area contributed by atoms with Crippen LogP contribution in [0.5, 0.6) is 0 Å². The van der Waals surface area contributed by atoms with Gasteiger partial charge in [-0.25, -0.2) is 15.3 Å². The van der Waals surface area contributed by atoms with Gasteiger partial charge in [-0.1, -0.05) is 71.7 Å². The van der Waals surface area contributed by atoms with Crippen molar-refractivity contribution in [3.05, 3.63) is 101 Å². The van der Waals surface area contributed by atoms with Crippen LogP contribution in [-0.2, 0) is 9.53 Å². The number of likely N-dealkylation sites (N-methyl/N-ethyl adjacent to an activating group) is 2. The first-order valence-corrected chi connectivity index (χ1v) is 19.1. The number of carbonyl (C=O) groups is 3. The number of rotatable bonds is 14. The molecule has 0 aliphatic heterocycles. The summed E-state index contributed by atoms with van der Waals surface area (Å²) in [5.41, 5.74) is 12.1. The normalized spacial score (nSPS) is 13.9. The second-order valence-electron chi connectivity index (χ2n) is 13.4. The van der Waals surface area contributed by atoms with Crippen LogP contribution < -0.4 is 16.2 Å². The Balaban J connectivity index is 0.000000517. The molecular weight excluding hydrogens is 684 g/mol. The van der Waals surface area contributed by atoms with Crippen molar-refractivity contribution in [1.82, 2.24) is 31.2 Å². The number of hydrogen-bond donors (Lipinski definition) is 3. The quantitative estimate of drug-likeness (QED) is 0.100. The fourth-order valence-electron chi connectivity index (χ4n) is 6.11. The van der Waals surface area contributed by atoms with E-state index in [1.165, 1.54) is 61.6 Å². The molecular formula is C43H65FN6O4. The Morgan fingerprint density at radius 1 is 1.06 bits per heavy atom. The molecule has 10 nitrogen and oxygen atoms in total. The Bertz CT molecular complexity index is 1580. The van der Waals surface area contributed by atoms with Crippen molar-refractivity contribution in [1.29, 1.82) is 0 Å². The lowest BCUT2D eigenvalue weighted by Crippen LogP contribution is -2.42. The number of amides is 3. The largest absolute Gasteiger partial charge is 0.446 e. The van der Waals surface area contributed by atoms with Crippen molar-refractivity contribution < 1.29 is 23.6 Å². The molecule has 0 radical (unpaired) electrons. The van der Waals surface area contributed by atoms with Crippen LogP contribution in [0.25, 0.3) is 11.1 Å². The number of hydrazine groups is 1. The monoisotopic (exact) mass is 749 g/mol. The first-order valence-electron chi connectivity index (χ1n) is 19.1. The van der Waals surface area contributed by atoms with E-state index in [0.29, 0.717) is 28.2 Å². The van der Waals surface area contributed by atoms with Gasteiger partial charge < -0.3 is 15.0 Å². The molecule has 1 aromatic heterocycles. The average molecular weight is 749 g/mol. The van der Waals surface area contributed by atoms with E-state index in [-0.39, 0.29) is 24.1 Å². The minimum absolute atomic E-state index is 0.0394. The molecule has 1 heterocycles. The zero-order valence-electron chi connectivity index (χ0n) is 34.5. The lowest BCUT2D eigenvalue weighted by molar-refractivity contribution is -0.121. The molecule has 3 N–H and O–H groups in total. The number of aromatic nitrogens is 1. The van der Waals surface area contributed by atoms with Gasteiger partial charge in [-0.2, -0.15) is 0 Å². The van der Waals surface area contributed by atoms with Crippen LogP contribution in [0.4, 0.5) is 9.28 Å². The molecule has 1 unspecified atom stereocenters. The van der Waals surface area contributed by atoms with Gasteiger partial charge in [-0.05, 0) is 111 Å². The number of carbonyl (C=O) groups excluding carboxylic acids is 3. The Labute approximate surface area is 323 Å². The third-order valence-electron chi connectivity index (χ3n) is 8.93. The summed E-state index contributed by atoms with van der Waals surface area (Å²) in [4.78, 5) is 41.5. The number of nitrogens with one attached hydrogen (secondary N) is 3. The van der Waals surface area contributed by atoms with Crippen LogP contribution in [0.1, 0.15) is 114 Å². The average Bonchev–Trinajstić information content (AvgIpc) is 3.69. The van der Waals surface area contributed by atoms with E-state index in [2.05, 4.69) is 67.6 Å². The molecule has 54 heavy (non-hydrogen) atoms. The van der Waals surface area contributed by atoms with Gasteiger partial charge in [0.1, 0.15) is 0 Å². The van der Waals surface area contributed by atoms with Crippen molar-refractivity contribution in [2.24, 2.45) is 11.8 Å². The fourth-order valence-corrected chi connectivity index (χ4v) is 6.11. The molecule has 1 aromatic carbocycles. The highest BCUT2D eigenvalue weighted by molar-refractivity contribution is 5.96. The number of halogens is 1. The van der Waals surface area contributed by atoms with E-state index >= 15 is 0 Å². The van der Waals surface area contributed by atoms with Gasteiger partial charge in [0.25, 0.3) is 5.91 Å². The highest BCUT2D eigenvalue weighted by Gasteiger charge is 2.25. The summed E-state index contributed by atoms with van der Waals surface area (Å²) in [6.07, 6.45) is 11.4. The lowest BCUT2D eigenvalue weighted by atomic mass is 9.84. The minimum atomic E-state index is -0.744. The number of pyridine rings is 1. The highest BCUT2D eigenvalue weighted by atomic mass is 19.2. The minimum Gasteiger partial charge on any atom is -0.446 e. The summed E-state index contributed by atoms with van der Waals surface area (Å²) < 4.78 is 18.8. The zero-order valence-corrected chi connectivity index (χ0v) is 34.5. The fraction of sp³-hybridized carbons (Fsp3) is 0.488. The molecule has 3 amide bonds. The van der Waals surface area contributed by atoms with Gasteiger partial charge >= 0.3 is 6.09 Å². The van der Waals surface area contributed by atoms with Crippen molar-refractivity contribution in [3.63, 3.8) is 0 Å². The van der Waals surface area contributed by atoms with Crippen LogP contribution in [0, 0.1) is 18.8 Å².